The van der Waals surface area contributed by atoms with Gasteiger partial charge in [0.2, 0.25) is 5.91 Å². The summed E-state index contributed by atoms with van der Waals surface area (Å²) in [5, 5.41) is 3.02. The van der Waals surface area contributed by atoms with E-state index in [0.717, 1.165) is 36.2 Å². The molecule has 1 aliphatic carbocycles. The maximum atomic E-state index is 14.5. The Balaban J connectivity index is 1.32. The second-order valence-electron chi connectivity index (χ2n) is 9.84. The molecule has 2 fully saturated rings. The number of amides is 2. The Morgan fingerprint density at radius 3 is 2.41 bits per heavy atom. The number of hydrogen-bond acceptors (Lipinski definition) is 5. The Morgan fingerprint density at radius 1 is 1.00 bits per heavy atom. The second-order valence-corrected chi connectivity index (χ2v) is 9.84. The number of nitrogens with zero attached hydrogens (tertiary/aromatic N) is 2. The summed E-state index contributed by atoms with van der Waals surface area (Å²) in [4.78, 5) is 43.9. The van der Waals surface area contributed by atoms with Gasteiger partial charge in [0, 0.05) is 6.54 Å². The van der Waals surface area contributed by atoms with Crippen molar-refractivity contribution in [2.24, 2.45) is 0 Å². The molecule has 1 saturated heterocycles. The van der Waals surface area contributed by atoms with Gasteiger partial charge in [0.15, 0.2) is 0 Å². The van der Waals surface area contributed by atoms with Crippen molar-refractivity contribution in [3.8, 4) is 11.3 Å². The Morgan fingerprint density at radius 2 is 1.72 bits per heavy atom. The van der Waals surface area contributed by atoms with Gasteiger partial charge in [-0.3, -0.25) is 9.59 Å². The summed E-state index contributed by atoms with van der Waals surface area (Å²) in [6.45, 7) is 0.451. The van der Waals surface area contributed by atoms with Crippen molar-refractivity contribution >= 4 is 17.8 Å². The lowest BCUT2D eigenvalue weighted by atomic mass is 9.92. The third-order valence-electron chi connectivity index (χ3n) is 7.60. The SMILES string of the molecule is COC(=O)c1ccc(CC(=O)N2CC[C@]3(NC(=O)c4ccc(F)c(-c5c(F)cccc5F)n4)CCC[C@H]23)cc1. The first-order valence-electron chi connectivity index (χ1n) is 12.6. The minimum Gasteiger partial charge on any atom is -0.465 e. The maximum absolute atomic E-state index is 14.5. The van der Waals surface area contributed by atoms with Crippen molar-refractivity contribution in [1.82, 2.24) is 15.2 Å². The number of aromatic nitrogens is 1. The van der Waals surface area contributed by atoms with Gasteiger partial charge in [0.05, 0.1) is 36.2 Å². The number of nitrogens with one attached hydrogen (secondary N) is 1. The number of benzene rings is 2. The Bertz CT molecular complexity index is 1430. The van der Waals surface area contributed by atoms with Crippen LogP contribution in [0.25, 0.3) is 11.3 Å². The zero-order valence-electron chi connectivity index (χ0n) is 21.2. The second kappa shape index (κ2) is 10.5. The Hall–Kier alpha value is -4.21. The van der Waals surface area contributed by atoms with Crippen LogP contribution < -0.4 is 5.32 Å². The summed E-state index contributed by atoms with van der Waals surface area (Å²) in [6.07, 6.45) is 2.82. The number of halogens is 3. The molecule has 2 aromatic carbocycles. The molecule has 10 heteroatoms. The summed E-state index contributed by atoms with van der Waals surface area (Å²) in [7, 11) is 1.30. The molecular weight excluding hydrogens is 511 g/mol. The van der Waals surface area contributed by atoms with Gasteiger partial charge in [0.1, 0.15) is 28.8 Å². The molecule has 0 spiro atoms. The van der Waals surface area contributed by atoms with Gasteiger partial charge in [-0.2, -0.15) is 0 Å². The summed E-state index contributed by atoms with van der Waals surface area (Å²) in [5.41, 5.74) is -0.942. The van der Waals surface area contributed by atoms with Gasteiger partial charge >= 0.3 is 5.97 Å². The van der Waals surface area contributed by atoms with Crippen LogP contribution in [0.1, 0.15) is 52.1 Å². The van der Waals surface area contributed by atoms with E-state index in [1.54, 1.807) is 29.2 Å². The Kier molecular flexibility index (Phi) is 7.12. The summed E-state index contributed by atoms with van der Waals surface area (Å²) in [6, 6.07) is 11.7. The lowest BCUT2D eigenvalue weighted by Crippen LogP contribution is -2.54. The molecule has 7 nitrogen and oxygen atoms in total. The largest absolute Gasteiger partial charge is 0.465 e. The predicted octanol–water partition coefficient (Wildman–Crippen LogP) is 4.45. The molecule has 2 amide bonds. The smallest absolute Gasteiger partial charge is 0.337 e. The molecule has 2 heterocycles. The highest BCUT2D eigenvalue weighted by Gasteiger charge is 2.52. The summed E-state index contributed by atoms with van der Waals surface area (Å²) >= 11 is 0. The zero-order valence-corrected chi connectivity index (χ0v) is 21.2. The number of hydrogen-bond donors (Lipinski definition) is 1. The number of esters is 1. The van der Waals surface area contributed by atoms with Crippen molar-refractivity contribution in [2.75, 3.05) is 13.7 Å². The van der Waals surface area contributed by atoms with Crippen LogP contribution in [0.2, 0.25) is 0 Å². The predicted molar refractivity (Wildman–Crippen MR) is 135 cm³/mol. The molecule has 0 bridgehead atoms. The van der Waals surface area contributed by atoms with Crippen LogP contribution >= 0.6 is 0 Å². The van der Waals surface area contributed by atoms with Crippen molar-refractivity contribution in [2.45, 2.75) is 43.7 Å². The van der Waals surface area contributed by atoms with Crippen molar-refractivity contribution in [1.29, 1.82) is 0 Å². The zero-order chi connectivity index (χ0) is 27.7. The molecule has 1 N–H and O–H groups in total. The highest BCUT2D eigenvalue weighted by molar-refractivity contribution is 5.94. The number of ether oxygens (including phenoxy) is 1. The summed E-state index contributed by atoms with van der Waals surface area (Å²) in [5.74, 6) is -4.09. The molecular formula is C29H26F3N3O4. The fourth-order valence-electron chi connectivity index (χ4n) is 5.69. The van der Waals surface area contributed by atoms with Crippen molar-refractivity contribution in [3.63, 3.8) is 0 Å². The first-order valence-corrected chi connectivity index (χ1v) is 12.6. The quantitative estimate of drug-likeness (QED) is 0.470. The fraction of sp³-hybridized carbons (Fsp3) is 0.310. The van der Waals surface area contributed by atoms with E-state index < -0.39 is 46.1 Å². The van der Waals surface area contributed by atoms with E-state index in [0.29, 0.717) is 31.4 Å². The van der Waals surface area contributed by atoms with E-state index in [-0.39, 0.29) is 24.1 Å². The number of fused-ring (bicyclic) bond motifs is 1. The number of pyridine rings is 1. The lowest BCUT2D eigenvalue weighted by molar-refractivity contribution is -0.131. The van der Waals surface area contributed by atoms with E-state index in [4.69, 9.17) is 4.74 Å². The van der Waals surface area contributed by atoms with Crippen LogP contribution in [0.3, 0.4) is 0 Å². The molecule has 1 saturated carbocycles. The third kappa shape index (κ3) is 4.98. The van der Waals surface area contributed by atoms with E-state index >= 15 is 0 Å². The number of carbonyl (C=O) groups is 3. The number of rotatable bonds is 6. The van der Waals surface area contributed by atoms with Crippen molar-refractivity contribution in [3.05, 3.63) is 88.9 Å². The van der Waals surface area contributed by atoms with Crippen LogP contribution in [0.5, 0.6) is 0 Å². The standard InChI is InChI=1S/C29H26F3N3O4/c1-39-28(38)18-9-7-17(8-10-18)16-24(36)35-15-14-29(13-3-6-23(29)35)34-27(37)22-12-11-21(32)26(33-22)25-19(30)4-2-5-20(25)31/h2,4-5,7-12,23H,3,6,13-16H2,1H3,(H,34,37)/t23-,29+/m0/s1. The average molecular weight is 538 g/mol. The third-order valence-corrected chi connectivity index (χ3v) is 7.60. The molecule has 0 radical (unpaired) electrons. The molecule has 39 heavy (non-hydrogen) atoms. The van der Waals surface area contributed by atoms with Gasteiger partial charge in [-0.05, 0) is 67.6 Å². The lowest BCUT2D eigenvalue weighted by Gasteiger charge is -2.33. The molecule has 5 rings (SSSR count). The number of carbonyl (C=O) groups excluding carboxylic acids is 3. The molecule has 1 aliphatic heterocycles. The Labute approximate surface area is 223 Å². The fourth-order valence-corrected chi connectivity index (χ4v) is 5.69. The highest BCUT2D eigenvalue weighted by Crippen LogP contribution is 2.42. The van der Waals surface area contributed by atoms with Crippen LogP contribution in [-0.2, 0) is 16.0 Å². The normalized spacial score (nSPS) is 20.0. The van der Waals surface area contributed by atoms with Crippen LogP contribution in [0.4, 0.5) is 13.2 Å². The van der Waals surface area contributed by atoms with Gasteiger partial charge in [0.25, 0.3) is 5.91 Å². The van der Waals surface area contributed by atoms with Crippen LogP contribution in [-0.4, -0.2) is 52.9 Å². The minimum atomic E-state index is -0.988. The van der Waals surface area contributed by atoms with E-state index in [9.17, 15) is 27.6 Å². The van der Waals surface area contributed by atoms with E-state index in [1.165, 1.54) is 13.2 Å². The number of methoxy groups -OCH3 is 1. The average Bonchev–Trinajstić information content (AvgIpc) is 3.48. The van der Waals surface area contributed by atoms with Gasteiger partial charge < -0.3 is 15.0 Å². The molecule has 3 aromatic rings. The molecule has 1 aromatic heterocycles. The van der Waals surface area contributed by atoms with E-state index in [2.05, 4.69) is 10.3 Å². The maximum Gasteiger partial charge on any atom is 0.337 e. The van der Waals surface area contributed by atoms with E-state index in [1.807, 2.05) is 0 Å². The number of likely N-dealkylation sites (tertiary alicyclic amines) is 1. The van der Waals surface area contributed by atoms with Crippen LogP contribution in [0.15, 0.2) is 54.6 Å². The van der Waals surface area contributed by atoms with Gasteiger partial charge in [-0.25, -0.2) is 22.9 Å². The molecule has 2 aliphatic rings. The highest BCUT2D eigenvalue weighted by atomic mass is 19.1. The van der Waals surface area contributed by atoms with Gasteiger partial charge in [-0.1, -0.05) is 18.2 Å². The summed E-state index contributed by atoms with van der Waals surface area (Å²) < 4.78 is 47.8. The first-order chi connectivity index (χ1) is 18.7. The monoisotopic (exact) mass is 537 g/mol. The molecule has 2 atom stereocenters. The van der Waals surface area contributed by atoms with Crippen molar-refractivity contribution < 1.29 is 32.3 Å². The minimum absolute atomic E-state index is 0.0962. The molecule has 0 unspecified atom stereocenters. The van der Waals surface area contributed by atoms with Crippen LogP contribution in [0, 0.1) is 17.5 Å². The molecule has 202 valence electrons. The first kappa shape index (κ1) is 26.4. The topological polar surface area (TPSA) is 88.6 Å². The van der Waals surface area contributed by atoms with Gasteiger partial charge in [-0.15, -0.1) is 0 Å².